The molecule has 1 heterocycles. The lowest BCUT2D eigenvalue weighted by Crippen LogP contribution is -2.55. The summed E-state index contributed by atoms with van der Waals surface area (Å²) in [5, 5.41) is 3.02. The van der Waals surface area contributed by atoms with Crippen molar-refractivity contribution in [2.24, 2.45) is 5.92 Å². The van der Waals surface area contributed by atoms with Crippen molar-refractivity contribution in [2.75, 3.05) is 20.3 Å². The van der Waals surface area contributed by atoms with E-state index in [0.29, 0.717) is 13.2 Å². The second kappa shape index (κ2) is 5.64. The third kappa shape index (κ3) is 2.95. The van der Waals surface area contributed by atoms with Crippen molar-refractivity contribution >= 4 is 5.91 Å². The molecule has 1 rings (SSSR count). The molecule has 94 valence electrons. The van der Waals surface area contributed by atoms with Crippen molar-refractivity contribution in [1.29, 1.82) is 0 Å². The second-order valence-corrected chi connectivity index (χ2v) is 4.77. The standard InChI is InChI=1S/C12H23NO3/c1-9(2)11(14)13-10(3)12(15-4)5-7-16-8-6-12/h9-10H,5-8H2,1-4H3,(H,13,14). The number of carbonyl (C=O) groups is 1. The summed E-state index contributed by atoms with van der Waals surface area (Å²) in [5.74, 6) is 0.0895. The van der Waals surface area contributed by atoms with Gasteiger partial charge in [0.2, 0.25) is 5.91 Å². The monoisotopic (exact) mass is 229 g/mol. The summed E-state index contributed by atoms with van der Waals surface area (Å²) in [4.78, 5) is 11.7. The van der Waals surface area contributed by atoms with Crippen molar-refractivity contribution in [1.82, 2.24) is 5.32 Å². The van der Waals surface area contributed by atoms with Crippen LogP contribution in [0, 0.1) is 5.92 Å². The van der Waals surface area contributed by atoms with Gasteiger partial charge >= 0.3 is 0 Å². The molecule has 0 radical (unpaired) electrons. The fourth-order valence-corrected chi connectivity index (χ4v) is 2.04. The molecule has 1 amide bonds. The van der Waals surface area contributed by atoms with E-state index in [1.54, 1.807) is 7.11 Å². The van der Waals surface area contributed by atoms with Gasteiger partial charge in [-0.25, -0.2) is 0 Å². The van der Waals surface area contributed by atoms with Crippen LogP contribution in [0.1, 0.15) is 33.6 Å². The maximum atomic E-state index is 11.7. The number of amides is 1. The summed E-state index contributed by atoms with van der Waals surface area (Å²) >= 11 is 0. The van der Waals surface area contributed by atoms with E-state index in [1.807, 2.05) is 20.8 Å². The Hall–Kier alpha value is -0.610. The average molecular weight is 229 g/mol. The lowest BCUT2D eigenvalue weighted by atomic mass is 9.86. The molecule has 0 aromatic heterocycles. The van der Waals surface area contributed by atoms with Crippen LogP contribution in [0.15, 0.2) is 0 Å². The van der Waals surface area contributed by atoms with Crippen molar-refractivity contribution < 1.29 is 14.3 Å². The third-order valence-corrected chi connectivity index (χ3v) is 3.42. The maximum absolute atomic E-state index is 11.7. The van der Waals surface area contributed by atoms with E-state index in [2.05, 4.69) is 5.32 Å². The number of carbonyl (C=O) groups excluding carboxylic acids is 1. The van der Waals surface area contributed by atoms with Crippen LogP contribution in [0.5, 0.6) is 0 Å². The van der Waals surface area contributed by atoms with E-state index in [1.165, 1.54) is 0 Å². The molecule has 1 aliphatic rings. The first-order valence-corrected chi connectivity index (χ1v) is 5.95. The highest BCUT2D eigenvalue weighted by Gasteiger charge is 2.39. The molecule has 0 aromatic rings. The minimum atomic E-state index is -0.261. The van der Waals surface area contributed by atoms with Crippen LogP contribution >= 0.6 is 0 Å². The summed E-state index contributed by atoms with van der Waals surface area (Å²) < 4.78 is 11.0. The largest absolute Gasteiger partial charge is 0.381 e. The molecular formula is C12H23NO3. The van der Waals surface area contributed by atoms with Gasteiger partial charge in [0.15, 0.2) is 0 Å². The summed E-state index contributed by atoms with van der Waals surface area (Å²) in [7, 11) is 1.71. The van der Waals surface area contributed by atoms with Gasteiger partial charge in [-0.1, -0.05) is 13.8 Å². The Morgan fingerprint density at radius 3 is 2.31 bits per heavy atom. The molecular weight excluding hydrogens is 206 g/mol. The lowest BCUT2D eigenvalue weighted by Gasteiger charge is -2.41. The van der Waals surface area contributed by atoms with Gasteiger partial charge in [0.1, 0.15) is 0 Å². The molecule has 4 nitrogen and oxygen atoms in total. The topological polar surface area (TPSA) is 47.6 Å². The van der Waals surface area contributed by atoms with Crippen LogP contribution in [-0.2, 0) is 14.3 Å². The molecule has 1 unspecified atom stereocenters. The second-order valence-electron chi connectivity index (χ2n) is 4.77. The highest BCUT2D eigenvalue weighted by molar-refractivity contribution is 5.78. The van der Waals surface area contributed by atoms with Crippen molar-refractivity contribution in [3.63, 3.8) is 0 Å². The van der Waals surface area contributed by atoms with Crippen LogP contribution in [0.3, 0.4) is 0 Å². The molecule has 0 spiro atoms. The fraction of sp³-hybridized carbons (Fsp3) is 0.917. The zero-order chi connectivity index (χ0) is 12.2. The van der Waals surface area contributed by atoms with Gasteiger partial charge in [-0.15, -0.1) is 0 Å². The summed E-state index contributed by atoms with van der Waals surface area (Å²) in [6.45, 7) is 7.21. The zero-order valence-corrected chi connectivity index (χ0v) is 10.7. The Balaban J connectivity index is 2.61. The Kier molecular flexibility index (Phi) is 4.74. The van der Waals surface area contributed by atoms with E-state index in [-0.39, 0.29) is 23.5 Å². The molecule has 0 bridgehead atoms. The molecule has 1 N–H and O–H groups in total. The van der Waals surface area contributed by atoms with Gasteiger partial charge in [-0.2, -0.15) is 0 Å². The van der Waals surface area contributed by atoms with Crippen LogP contribution in [-0.4, -0.2) is 37.9 Å². The molecule has 0 aromatic carbocycles. The Bertz CT molecular complexity index is 234. The lowest BCUT2D eigenvalue weighted by molar-refractivity contribution is -0.133. The van der Waals surface area contributed by atoms with E-state index >= 15 is 0 Å². The van der Waals surface area contributed by atoms with Gasteiger partial charge in [0, 0.05) is 39.1 Å². The quantitative estimate of drug-likeness (QED) is 0.791. The molecule has 16 heavy (non-hydrogen) atoms. The summed E-state index contributed by atoms with van der Waals surface area (Å²) in [5.41, 5.74) is -0.261. The van der Waals surface area contributed by atoms with Crippen molar-refractivity contribution in [3.05, 3.63) is 0 Å². The number of ether oxygens (including phenoxy) is 2. The Labute approximate surface area is 97.7 Å². The predicted molar refractivity (Wildman–Crippen MR) is 62.2 cm³/mol. The van der Waals surface area contributed by atoms with Crippen LogP contribution in [0.4, 0.5) is 0 Å². The summed E-state index contributed by atoms with van der Waals surface area (Å²) in [6.07, 6.45) is 1.67. The zero-order valence-electron chi connectivity index (χ0n) is 10.7. The SMILES string of the molecule is COC1(C(C)NC(=O)C(C)C)CCOCC1. The van der Waals surface area contributed by atoms with Crippen LogP contribution in [0.2, 0.25) is 0 Å². The van der Waals surface area contributed by atoms with Gasteiger partial charge < -0.3 is 14.8 Å². The molecule has 0 aliphatic carbocycles. The van der Waals surface area contributed by atoms with E-state index in [4.69, 9.17) is 9.47 Å². The first kappa shape index (κ1) is 13.5. The van der Waals surface area contributed by atoms with Gasteiger partial charge in [0.05, 0.1) is 11.6 Å². The van der Waals surface area contributed by atoms with E-state index in [9.17, 15) is 4.79 Å². The van der Waals surface area contributed by atoms with Gasteiger partial charge in [-0.05, 0) is 6.92 Å². The van der Waals surface area contributed by atoms with Crippen LogP contribution < -0.4 is 5.32 Å². The van der Waals surface area contributed by atoms with Gasteiger partial charge in [-0.3, -0.25) is 4.79 Å². The number of rotatable bonds is 4. The predicted octanol–water partition coefficient (Wildman–Crippen LogP) is 1.34. The minimum absolute atomic E-state index is 0.0104. The molecule has 1 saturated heterocycles. The number of methoxy groups -OCH3 is 1. The average Bonchev–Trinajstić information content (AvgIpc) is 2.29. The molecule has 1 atom stereocenters. The molecule has 4 heteroatoms. The first-order chi connectivity index (χ1) is 7.52. The fourth-order valence-electron chi connectivity index (χ4n) is 2.04. The normalized spacial score (nSPS) is 21.8. The first-order valence-electron chi connectivity index (χ1n) is 5.95. The Morgan fingerprint density at radius 2 is 1.88 bits per heavy atom. The number of hydrogen-bond donors (Lipinski definition) is 1. The highest BCUT2D eigenvalue weighted by Crippen LogP contribution is 2.28. The number of hydrogen-bond acceptors (Lipinski definition) is 3. The summed E-state index contributed by atoms with van der Waals surface area (Å²) in [6, 6.07) is 0.0244. The van der Waals surface area contributed by atoms with E-state index in [0.717, 1.165) is 12.8 Å². The Morgan fingerprint density at radius 1 is 1.31 bits per heavy atom. The van der Waals surface area contributed by atoms with Gasteiger partial charge in [0.25, 0.3) is 0 Å². The highest BCUT2D eigenvalue weighted by atomic mass is 16.5. The van der Waals surface area contributed by atoms with Crippen molar-refractivity contribution in [2.45, 2.75) is 45.3 Å². The smallest absolute Gasteiger partial charge is 0.222 e. The van der Waals surface area contributed by atoms with Crippen LogP contribution in [0.25, 0.3) is 0 Å². The number of nitrogens with one attached hydrogen (secondary N) is 1. The molecule has 0 saturated carbocycles. The molecule has 1 aliphatic heterocycles. The third-order valence-electron chi connectivity index (χ3n) is 3.42. The minimum Gasteiger partial charge on any atom is -0.381 e. The molecule has 1 fully saturated rings. The maximum Gasteiger partial charge on any atom is 0.222 e. The van der Waals surface area contributed by atoms with E-state index < -0.39 is 0 Å². The van der Waals surface area contributed by atoms with Crippen molar-refractivity contribution in [3.8, 4) is 0 Å².